The fourth-order valence-corrected chi connectivity index (χ4v) is 4.24. The number of amides is 1. The van der Waals surface area contributed by atoms with Crippen LogP contribution in [0.2, 0.25) is 0 Å². The van der Waals surface area contributed by atoms with Crippen molar-refractivity contribution in [1.82, 2.24) is 15.1 Å². The van der Waals surface area contributed by atoms with Gasteiger partial charge in [0.15, 0.2) is 23.1 Å². The number of aromatic nitrogens is 2. The Morgan fingerprint density at radius 3 is 2.62 bits per heavy atom. The minimum atomic E-state index is 0.0173. The van der Waals surface area contributed by atoms with Gasteiger partial charge in [0.25, 0.3) is 0 Å². The Labute approximate surface area is 187 Å². The molecule has 0 saturated carbocycles. The smallest absolute Gasteiger partial charge is 0.231 e. The van der Waals surface area contributed by atoms with E-state index in [1.165, 1.54) is 0 Å². The minimum absolute atomic E-state index is 0.0173. The van der Waals surface area contributed by atoms with Gasteiger partial charge in [0.2, 0.25) is 12.7 Å². The van der Waals surface area contributed by atoms with E-state index in [0.717, 1.165) is 54.1 Å². The van der Waals surface area contributed by atoms with Crippen molar-refractivity contribution in [3.8, 4) is 11.5 Å². The molecule has 1 fully saturated rings. The van der Waals surface area contributed by atoms with Crippen molar-refractivity contribution in [1.29, 1.82) is 0 Å². The zero-order valence-electron chi connectivity index (χ0n) is 18.4. The number of hydrogen-bond acceptors (Lipinski definition) is 7. The summed E-state index contributed by atoms with van der Waals surface area (Å²) >= 11 is 0. The first-order valence-corrected chi connectivity index (χ1v) is 11.1. The summed E-state index contributed by atoms with van der Waals surface area (Å²) in [4.78, 5) is 16.7. The average Bonchev–Trinajstić information content (AvgIpc) is 3.14. The number of benzene rings is 2. The van der Waals surface area contributed by atoms with Gasteiger partial charge in [-0.25, -0.2) is 0 Å². The van der Waals surface area contributed by atoms with E-state index in [4.69, 9.17) is 9.47 Å². The first kappa shape index (κ1) is 20.4. The van der Waals surface area contributed by atoms with Gasteiger partial charge in [-0.15, -0.1) is 10.2 Å². The zero-order chi connectivity index (χ0) is 22.1. The molecule has 1 amide bonds. The molecule has 2 aliphatic heterocycles. The van der Waals surface area contributed by atoms with Gasteiger partial charge in [-0.1, -0.05) is 38.1 Å². The molecule has 8 nitrogen and oxygen atoms in total. The summed E-state index contributed by atoms with van der Waals surface area (Å²) in [5, 5.41) is 14.5. The highest BCUT2D eigenvalue weighted by atomic mass is 16.7. The van der Waals surface area contributed by atoms with E-state index < -0.39 is 0 Å². The quantitative estimate of drug-likeness (QED) is 0.670. The largest absolute Gasteiger partial charge is 0.454 e. The van der Waals surface area contributed by atoms with Crippen molar-refractivity contribution in [2.75, 3.05) is 43.2 Å². The molecule has 1 saturated heterocycles. The lowest BCUT2D eigenvalue weighted by Crippen LogP contribution is -2.37. The molecule has 0 radical (unpaired) electrons. The maximum atomic E-state index is 12.4. The molecule has 1 aromatic heterocycles. The molecule has 0 spiro atoms. The monoisotopic (exact) mass is 433 g/mol. The van der Waals surface area contributed by atoms with Crippen LogP contribution in [-0.4, -0.2) is 54.0 Å². The minimum Gasteiger partial charge on any atom is -0.454 e. The first-order chi connectivity index (χ1) is 15.6. The fourth-order valence-electron chi connectivity index (χ4n) is 4.24. The molecule has 0 unspecified atom stereocenters. The van der Waals surface area contributed by atoms with Crippen molar-refractivity contribution < 1.29 is 14.3 Å². The molecule has 3 aromatic rings. The summed E-state index contributed by atoms with van der Waals surface area (Å²) in [7, 11) is 0. The molecule has 3 heterocycles. The number of nitrogens with one attached hydrogen (secondary N) is 1. The van der Waals surface area contributed by atoms with Gasteiger partial charge in [0, 0.05) is 54.6 Å². The number of fused-ring (bicyclic) bond motifs is 2. The van der Waals surface area contributed by atoms with Gasteiger partial charge in [-0.2, -0.15) is 0 Å². The Hall–Kier alpha value is -3.55. The van der Waals surface area contributed by atoms with Crippen LogP contribution in [0.4, 0.5) is 17.3 Å². The first-order valence-electron chi connectivity index (χ1n) is 11.1. The van der Waals surface area contributed by atoms with E-state index in [1.54, 1.807) is 0 Å². The summed E-state index contributed by atoms with van der Waals surface area (Å²) in [6.45, 7) is 7.21. The second-order valence-corrected chi connectivity index (χ2v) is 8.43. The SMILES string of the molecule is CC(C)C(=O)N1CCCN(c2nnc(Nc3ccc4c(c3)OCO4)c3ccccc23)CC1. The molecule has 32 heavy (non-hydrogen) atoms. The number of hydrogen-bond donors (Lipinski definition) is 1. The van der Waals surface area contributed by atoms with Crippen LogP contribution in [0.5, 0.6) is 11.5 Å². The van der Waals surface area contributed by atoms with Gasteiger partial charge in [-0.05, 0) is 18.6 Å². The van der Waals surface area contributed by atoms with E-state index in [-0.39, 0.29) is 18.6 Å². The van der Waals surface area contributed by atoms with Crippen molar-refractivity contribution in [2.45, 2.75) is 20.3 Å². The normalized spacial score (nSPS) is 15.8. The molecule has 2 aromatic carbocycles. The zero-order valence-corrected chi connectivity index (χ0v) is 18.4. The lowest BCUT2D eigenvalue weighted by Gasteiger charge is -2.24. The number of carbonyl (C=O) groups excluding carboxylic acids is 1. The van der Waals surface area contributed by atoms with Crippen LogP contribution in [0.15, 0.2) is 42.5 Å². The highest BCUT2D eigenvalue weighted by Crippen LogP contribution is 2.36. The lowest BCUT2D eigenvalue weighted by atomic mass is 10.1. The molecular formula is C24H27N5O3. The third kappa shape index (κ3) is 3.88. The topological polar surface area (TPSA) is 79.8 Å². The van der Waals surface area contributed by atoms with E-state index in [2.05, 4.69) is 32.5 Å². The molecular weight excluding hydrogens is 406 g/mol. The highest BCUT2D eigenvalue weighted by molar-refractivity contribution is 5.99. The molecule has 0 aliphatic carbocycles. The molecule has 0 bridgehead atoms. The molecule has 166 valence electrons. The predicted octanol–water partition coefficient (Wildman–Crippen LogP) is 3.80. The molecule has 5 rings (SSSR count). The van der Waals surface area contributed by atoms with Gasteiger partial charge in [0.1, 0.15) is 0 Å². The van der Waals surface area contributed by atoms with E-state index in [1.807, 2.05) is 49.1 Å². The average molecular weight is 434 g/mol. The van der Waals surface area contributed by atoms with Crippen molar-refractivity contribution in [3.63, 3.8) is 0 Å². The molecule has 8 heteroatoms. The second kappa shape index (κ2) is 8.53. The molecule has 1 N–H and O–H groups in total. The second-order valence-electron chi connectivity index (χ2n) is 8.43. The van der Waals surface area contributed by atoms with Gasteiger partial charge in [-0.3, -0.25) is 4.79 Å². The van der Waals surface area contributed by atoms with E-state index in [0.29, 0.717) is 18.1 Å². The number of nitrogens with zero attached hydrogens (tertiary/aromatic N) is 4. The molecule has 2 aliphatic rings. The summed E-state index contributed by atoms with van der Waals surface area (Å²) in [5.74, 6) is 3.24. The predicted molar refractivity (Wildman–Crippen MR) is 124 cm³/mol. The van der Waals surface area contributed by atoms with Crippen LogP contribution in [0.1, 0.15) is 20.3 Å². The number of anilines is 3. The van der Waals surface area contributed by atoms with E-state index in [9.17, 15) is 4.79 Å². The van der Waals surface area contributed by atoms with Gasteiger partial charge < -0.3 is 24.6 Å². The fraction of sp³-hybridized carbons (Fsp3) is 0.375. The van der Waals surface area contributed by atoms with Gasteiger partial charge in [0.05, 0.1) is 0 Å². The Morgan fingerprint density at radius 2 is 1.78 bits per heavy atom. The van der Waals surface area contributed by atoms with Crippen LogP contribution in [-0.2, 0) is 4.79 Å². The maximum absolute atomic E-state index is 12.4. The third-order valence-corrected chi connectivity index (χ3v) is 5.90. The summed E-state index contributed by atoms with van der Waals surface area (Å²) in [5.41, 5.74) is 0.860. The van der Waals surface area contributed by atoms with Crippen LogP contribution in [0.25, 0.3) is 10.8 Å². The van der Waals surface area contributed by atoms with Crippen LogP contribution >= 0.6 is 0 Å². The highest BCUT2D eigenvalue weighted by Gasteiger charge is 2.23. The number of carbonyl (C=O) groups is 1. The Morgan fingerprint density at radius 1 is 0.969 bits per heavy atom. The Balaban J connectivity index is 1.42. The number of ether oxygens (including phenoxy) is 2. The van der Waals surface area contributed by atoms with Crippen molar-refractivity contribution in [2.24, 2.45) is 5.92 Å². The van der Waals surface area contributed by atoms with Crippen LogP contribution in [0.3, 0.4) is 0 Å². The third-order valence-electron chi connectivity index (χ3n) is 5.90. The van der Waals surface area contributed by atoms with Crippen molar-refractivity contribution in [3.05, 3.63) is 42.5 Å². The maximum Gasteiger partial charge on any atom is 0.231 e. The summed E-state index contributed by atoms with van der Waals surface area (Å²) in [6, 6.07) is 13.9. The van der Waals surface area contributed by atoms with Crippen molar-refractivity contribution >= 4 is 34.0 Å². The number of rotatable bonds is 4. The standard InChI is InChI=1S/C24H27N5O3/c1-16(2)24(30)29-11-5-10-28(12-13-29)23-19-7-4-3-6-18(19)22(26-27-23)25-17-8-9-20-21(14-17)32-15-31-20/h3-4,6-9,14,16H,5,10-13,15H2,1-2H3,(H,25,26). The summed E-state index contributed by atoms with van der Waals surface area (Å²) in [6.07, 6.45) is 0.908. The van der Waals surface area contributed by atoms with E-state index >= 15 is 0 Å². The molecule has 0 atom stereocenters. The lowest BCUT2D eigenvalue weighted by molar-refractivity contribution is -0.134. The van der Waals surface area contributed by atoms with Crippen LogP contribution in [0, 0.1) is 5.92 Å². The Kier molecular flexibility index (Phi) is 5.43. The van der Waals surface area contributed by atoms with Gasteiger partial charge >= 0.3 is 0 Å². The van der Waals surface area contributed by atoms with Crippen LogP contribution < -0.4 is 19.7 Å². The Bertz CT molecular complexity index is 1150. The summed E-state index contributed by atoms with van der Waals surface area (Å²) < 4.78 is 10.9.